The van der Waals surface area contributed by atoms with Gasteiger partial charge in [0.2, 0.25) is 5.91 Å². The lowest BCUT2D eigenvalue weighted by atomic mass is 10.2. The first kappa shape index (κ1) is 14.3. The van der Waals surface area contributed by atoms with Gasteiger partial charge in [-0.05, 0) is 19.5 Å². The molecule has 6 heteroatoms. The van der Waals surface area contributed by atoms with Crippen LogP contribution >= 0.6 is 0 Å². The number of carbonyl (C=O) groups is 1. The molecule has 1 N–H and O–H groups in total. The summed E-state index contributed by atoms with van der Waals surface area (Å²) in [6.07, 6.45) is 8.04. The van der Waals surface area contributed by atoms with Gasteiger partial charge in [-0.2, -0.15) is 5.10 Å². The Morgan fingerprint density at radius 1 is 1.33 bits per heavy atom. The Balaban J connectivity index is 1.51. The van der Waals surface area contributed by atoms with E-state index in [9.17, 15) is 4.79 Å². The van der Waals surface area contributed by atoms with Crippen molar-refractivity contribution in [1.82, 2.24) is 24.9 Å². The number of likely N-dealkylation sites (tertiary alicyclic amines) is 1. The molecule has 3 rings (SSSR count). The summed E-state index contributed by atoms with van der Waals surface area (Å²) < 4.78 is 0. The van der Waals surface area contributed by atoms with Gasteiger partial charge in [0.1, 0.15) is 0 Å². The summed E-state index contributed by atoms with van der Waals surface area (Å²) in [5, 5.41) is 6.61. The van der Waals surface area contributed by atoms with Crippen LogP contribution in [0, 0.1) is 0 Å². The van der Waals surface area contributed by atoms with Crippen molar-refractivity contribution in [3.05, 3.63) is 24.0 Å². The van der Waals surface area contributed by atoms with Gasteiger partial charge in [-0.1, -0.05) is 0 Å². The molecule has 2 saturated heterocycles. The number of H-pyrrole nitrogens is 1. The molecule has 0 bridgehead atoms. The summed E-state index contributed by atoms with van der Waals surface area (Å²) in [6, 6.07) is 0.532. The van der Waals surface area contributed by atoms with Crippen LogP contribution in [0.25, 0.3) is 6.08 Å². The van der Waals surface area contributed by atoms with E-state index >= 15 is 0 Å². The molecule has 1 aromatic heterocycles. The molecule has 21 heavy (non-hydrogen) atoms. The van der Waals surface area contributed by atoms with E-state index in [2.05, 4.69) is 27.0 Å². The largest absolute Gasteiger partial charge is 0.338 e. The maximum Gasteiger partial charge on any atom is 0.246 e. The van der Waals surface area contributed by atoms with Crippen LogP contribution in [0.1, 0.15) is 12.0 Å². The second-order valence-electron chi connectivity index (χ2n) is 5.93. The quantitative estimate of drug-likeness (QED) is 0.812. The molecule has 0 spiro atoms. The summed E-state index contributed by atoms with van der Waals surface area (Å²) in [6.45, 7) is 6.22. The fourth-order valence-electron chi connectivity index (χ4n) is 3.05. The molecule has 1 unspecified atom stereocenters. The molecule has 0 saturated carbocycles. The van der Waals surface area contributed by atoms with Crippen molar-refractivity contribution in [3.63, 3.8) is 0 Å². The minimum absolute atomic E-state index is 0.104. The van der Waals surface area contributed by atoms with Crippen LogP contribution in [-0.4, -0.2) is 83.2 Å². The maximum atomic E-state index is 12.2. The van der Waals surface area contributed by atoms with Crippen molar-refractivity contribution >= 4 is 12.0 Å². The molecule has 2 aliphatic heterocycles. The van der Waals surface area contributed by atoms with Crippen molar-refractivity contribution in [2.75, 3.05) is 46.3 Å². The lowest BCUT2D eigenvalue weighted by Gasteiger charge is -2.36. The van der Waals surface area contributed by atoms with Crippen LogP contribution in [0.2, 0.25) is 0 Å². The predicted octanol–water partition coefficient (Wildman–Crippen LogP) is 0.271. The number of aromatic nitrogens is 2. The third-order valence-corrected chi connectivity index (χ3v) is 4.47. The predicted molar refractivity (Wildman–Crippen MR) is 81.7 cm³/mol. The zero-order valence-corrected chi connectivity index (χ0v) is 12.5. The second kappa shape index (κ2) is 6.41. The number of rotatable bonds is 3. The summed E-state index contributed by atoms with van der Waals surface area (Å²) in [5.41, 5.74) is 0.929. The summed E-state index contributed by atoms with van der Waals surface area (Å²) in [5.74, 6) is 0.104. The van der Waals surface area contributed by atoms with Gasteiger partial charge in [-0.3, -0.25) is 14.8 Å². The highest BCUT2D eigenvalue weighted by Crippen LogP contribution is 2.17. The van der Waals surface area contributed by atoms with Gasteiger partial charge in [0.05, 0.1) is 6.20 Å². The van der Waals surface area contributed by atoms with Gasteiger partial charge < -0.3 is 9.80 Å². The Kier molecular flexibility index (Phi) is 4.36. The van der Waals surface area contributed by atoms with Crippen molar-refractivity contribution in [3.8, 4) is 0 Å². The minimum atomic E-state index is 0.104. The van der Waals surface area contributed by atoms with Crippen LogP contribution in [0.5, 0.6) is 0 Å². The Labute approximate surface area is 125 Å². The molecule has 2 fully saturated rings. The van der Waals surface area contributed by atoms with Gasteiger partial charge in [-0.15, -0.1) is 0 Å². The van der Waals surface area contributed by atoms with Gasteiger partial charge in [0, 0.05) is 63.1 Å². The smallest absolute Gasteiger partial charge is 0.246 e. The number of amides is 1. The Bertz CT molecular complexity index is 490. The second-order valence-corrected chi connectivity index (χ2v) is 5.93. The van der Waals surface area contributed by atoms with E-state index in [1.807, 2.05) is 11.0 Å². The zero-order chi connectivity index (χ0) is 14.7. The molecule has 0 aliphatic carbocycles. The lowest BCUT2D eigenvalue weighted by Crippen LogP contribution is -2.49. The van der Waals surface area contributed by atoms with Crippen molar-refractivity contribution in [2.45, 2.75) is 12.5 Å². The number of carbonyl (C=O) groups excluding carboxylic acids is 1. The van der Waals surface area contributed by atoms with Crippen molar-refractivity contribution in [2.24, 2.45) is 0 Å². The molecule has 0 radical (unpaired) electrons. The molecule has 1 amide bonds. The first-order valence-electron chi connectivity index (χ1n) is 7.61. The summed E-state index contributed by atoms with van der Waals surface area (Å²) in [7, 11) is 2.17. The van der Waals surface area contributed by atoms with E-state index in [4.69, 9.17) is 0 Å². The van der Waals surface area contributed by atoms with Gasteiger partial charge in [-0.25, -0.2) is 0 Å². The van der Waals surface area contributed by atoms with Crippen LogP contribution in [0.3, 0.4) is 0 Å². The summed E-state index contributed by atoms with van der Waals surface area (Å²) in [4.78, 5) is 19.1. The number of hydrogen-bond acceptors (Lipinski definition) is 4. The summed E-state index contributed by atoms with van der Waals surface area (Å²) >= 11 is 0. The fraction of sp³-hybridized carbons (Fsp3) is 0.600. The van der Waals surface area contributed by atoms with Crippen LogP contribution in [0.15, 0.2) is 18.5 Å². The number of hydrogen-bond donors (Lipinski definition) is 1. The Hall–Kier alpha value is -1.66. The average Bonchev–Trinajstić information content (AvgIpc) is 3.17. The van der Waals surface area contributed by atoms with Crippen LogP contribution in [0.4, 0.5) is 0 Å². The maximum absolute atomic E-state index is 12.2. The van der Waals surface area contributed by atoms with E-state index in [-0.39, 0.29) is 5.91 Å². The van der Waals surface area contributed by atoms with Gasteiger partial charge >= 0.3 is 0 Å². The minimum Gasteiger partial charge on any atom is -0.338 e. The average molecular weight is 289 g/mol. The molecular formula is C15H23N5O. The van der Waals surface area contributed by atoms with E-state index in [0.717, 1.165) is 51.3 Å². The SMILES string of the molecule is CN1CCN(C2CCN(C(=O)/C=C/c3cn[nH]c3)C2)CC1. The third kappa shape index (κ3) is 3.51. The molecule has 2 aliphatic rings. The van der Waals surface area contributed by atoms with Gasteiger partial charge in [0.15, 0.2) is 0 Å². The van der Waals surface area contributed by atoms with Crippen LogP contribution in [-0.2, 0) is 4.79 Å². The van der Waals surface area contributed by atoms with Crippen molar-refractivity contribution in [1.29, 1.82) is 0 Å². The highest BCUT2D eigenvalue weighted by atomic mass is 16.2. The first-order chi connectivity index (χ1) is 10.2. The molecule has 0 aromatic carbocycles. The highest BCUT2D eigenvalue weighted by molar-refractivity contribution is 5.91. The topological polar surface area (TPSA) is 55.5 Å². The lowest BCUT2D eigenvalue weighted by molar-refractivity contribution is -0.125. The molecule has 6 nitrogen and oxygen atoms in total. The normalized spacial score (nSPS) is 25.0. The highest BCUT2D eigenvalue weighted by Gasteiger charge is 2.30. The number of likely N-dealkylation sites (N-methyl/N-ethyl adjacent to an activating group) is 1. The fourth-order valence-corrected chi connectivity index (χ4v) is 3.05. The molecule has 1 atom stereocenters. The number of aromatic amines is 1. The number of nitrogens with zero attached hydrogens (tertiary/aromatic N) is 4. The standard InChI is InChI=1S/C15H23N5O/c1-18-6-8-19(9-7-18)14-4-5-20(12-14)15(21)3-2-13-10-16-17-11-13/h2-3,10-11,14H,4-9,12H2,1H3,(H,16,17)/b3-2+. The molecule has 114 valence electrons. The first-order valence-corrected chi connectivity index (χ1v) is 7.61. The van der Waals surface area contributed by atoms with E-state index in [0.29, 0.717) is 6.04 Å². The monoisotopic (exact) mass is 289 g/mol. The molecular weight excluding hydrogens is 266 g/mol. The Morgan fingerprint density at radius 3 is 2.86 bits per heavy atom. The third-order valence-electron chi connectivity index (χ3n) is 4.47. The molecule has 1 aromatic rings. The van der Waals surface area contributed by atoms with Crippen LogP contribution < -0.4 is 0 Å². The van der Waals surface area contributed by atoms with E-state index in [1.54, 1.807) is 18.5 Å². The van der Waals surface area contributed by atoms with E-state index in [1.165, 1.54) is 0 Å². The van der Waals surface area contributed by atoms with Gasteiger partial charge in [0.25, 0.3) is 0 Å². The van der Waals surface area contributed by atoms with Crippen molar-refractivity contribution < 1.29 is 4.79 Å². The zero-order valence-electron chi connectivity index (χ0n) is 12.5. The number of piperazine rings is 1. The Morgan fingerprint density at radius 2 is 2.14 bits per heavy atom. The molecule has 3 heterocycles. The van der Waals surface area contributed by atoms with E-state index < -0.39 is 0 Å². The number of nitrogens with one attached hydrogen (secondary N) is 1.